The first-order valence-electron chi connectivity index (χ1n) is 7.96. The maximum atomic E-state index is 12.5. The zero-order valence-electron chi connectivity index (χ0n) is 11.7. The first-order valence-corrected chi connectivity index (χ1v) is 7.96. The SMILES string of the molecule is CC1CC2CC(=O)C3CCC(=O)N4CCCC2C34C1. The number of rotatable bonds is 0. The normalized spacial score (nSPS) is 49.0. The molecule has 0 radical (unpaired) electrons. The smallest absolute Gasteiger partial charge is 0.223 e. The average Bonchev–Trinajstić information content (AvgIpc) is 2.35. The van der Waals surface area contributed by atoms with Gasteiger partial charge in [0.15, 0.2) is 0 Å². The van der Waals surface area contributed by atoms with Gasteiger partial charge in [0.1, 0.15) is 5.78 Å². The van der Waals surface area contributed by atoms with Crippen LogP contribution in [0.2, 0.25) is 0 Å². The summed E-state index contributed by atoms with van der Waals surface area (Å²) in [5.74, 6) is 2.79. The second kappa shape index (κ2) is 3.83. The molecule has 5 atom stereocenters. The summed E-state index contributed by atoms with van der Waals surface area (Å²) in [6.07, 6.45) is 6.88. The summed E-state index contributed by atoms with van der Waals surface area (Å²) in [6.45, 7) is 3.22. The minimum Gasteiger partial charge on any atom is -0.336 e. The molecule has 2 aliphatic heterocycles. The molecule has 1 amide bonds. The fourth-order valence-corrected chi connectivity index (χ4v) is 6.02. The summed E-state index contributed by atoms with van der Waals surface area (Å²) in [7, 11) is 0. The quantitative estimate of drug-likeness (QED) is 0.671. The maximum absolute atomic E-state index is 12.5. The van der Waals surface area contributed by atoms with Gasteiger partial charge in [-0.2, -0.15) is 0 Å². The van der Waals surface area contributed by atoms with Crippen molar-refractivity contribution in [3.8, 4) is 0 Å². The Morgan fingerprint density at radius 1 is 1.26 bits per heavy atom. The monoisotopic (exact) mass is 261 g/mol. The zero-order chi connectivity index (χ0) is 13.2. The van der Waals surface area contributed by atoms with E-state index in [0.29, 0.717) is 35.9 Å². The standard InChI is InChI=1S/C16H23NO2/c1-10-7-11-8-14(18)13-4-5-15(19)17-6-2-3-12(11)16(13,17)9-10/h10-13H,2-9H2,1H3. The maximum Gasteiger partial charge on any atom is 0.223 e. The Balaban J connectivity index is 1.86. The highest BCUT2D eigenvalue weighted by Crippen LogP contribution is 2.59. The van der Waals surface area contributed by atoms with Crippen molar-refractivity contribution in [2.45, 2.75) is 57.4 Å². The lowest BCUT2D eigenvalue weighted by Gasteiger charge is -2.65. The lowest BCUT2D eigenvalue weighted by molar-refractivity contribution is -0.183. The van der Waals surface area contributed by atoms with Crippen LogP contribution in [0.3, 0.4) is 0 Å². The molecule has 4 aliphatic rings. The Hall–Kier alpha value is -0.860. The van der Waals surface area contributed by atoms with Gasteiger partial charge in [0.05, 0.1) is 5.54 Å². The first kappa shape index (κ1) is 11.9. The molecule has 2 saturated carbocycles. The molecule has 3 heteroatoms. The molecular formula is C16H23NO2. The highest BCUT2D eigenvalue weighted by molar-refractivity contribution is 5.88. The zero-order valence-corrected chi connectivity index (χ0v) is 11.7. The second-order valence-corrected chi connectivity index (χ2v) is 7.35. The van der Waals surface area contributed by atoms with E-state index in [2.05, 4.69) is 11.8 Å². The molecular weight excluding hydrogens is 238 g/mol. The molecule has 2 heterocycles. The van der Waals surface area contributed by atoms with Crippen molar-refractivity contribution >= 4 is 11.7 Å². The fourth-order valence-electron chi connectivity index (χ4n) is 6.02. The lowest BCUT2D eigenvalue weighted by Crippen LogP contribution is -2.72. The van der Waals surface area contributed by atoms with Crippen molar-refractivity contribution in [1.29, 1.82) is 0 Å². The van der Waals surface area contributed by atoms with Gasteiger partial charge in [-0.25, -0.2) is 0 Å². The molecule has 0 N–H and O–H groups in total. The molecule has 5 unspecified atom stereocenters. The topological polar surface area (TPSA) is 37.4 Å². The van der Waals surface area contributed by atoms with Crippen LogP contribution >= 0.6 is 0 Å². The summed E-state index contributed by atoms with van der Waals surface area (Å²) in [5, 5.41) is 0. The van der Waals surface area contributed by atoms with Gasteiger partial charge in [-0.15, -0.1) is 0 Å². The van der Waals surface area contributed by atoms with E-state index in [1.54, 1.807) is 0 Å². The largest absolute Gasteiger partial charge is 0.336 e. The highest BCUT2D eigenvalue weighted by atomic mass is 16.2. The molecule has 4 rings (SSSR count). The molecule has 3 nitrogen and oxygen atoms in total. The van der Waals surface area contributed by atoms with Crippen LogP contribution in [-0.4, -0.2) is 28.7 Å². The van der Waals surface area contributed by atoms with Crippen LogP contribution in [0.1, 0.15) is 51.9 Å². The Kier molecular flexibility index (Phi) is 2.40. The van der Waals surface area contributed by atoms with Gasteiger partial charge in [-0.3, -0.25) is 9.59 Å². The molecule has 1 spiro atoms. The minimum absolute atomic E-state index is 0.0642. The molecule has 2 aliphatic carbocycles. The third kappa shape index (κ3) is 1.39. The molecule has 2 saturated heterocycles. The van der Waals surface area contributed by atoms with Crippen LogP contribution in [0.25, 0.3) is 0 Å². The molecule has 4 fully saturated rings. The molecule has 19 heavy (non-hydrogen) atoms. The van der Waals surface area contributed by atoms with E-state index in [1.807, 2.05) is 0 Å². The number of amides is 1. The molecule has 2 bridgehead atoms. The van der Waals surface area contributed by atoms with Gasteiger partial charge in [0.25, 0.3) is 0 Å². The number of hydrogen-bond acceptors (Lipinski definition) is 2. The van der Waals surface area contributed by atoms with E-state index in [-0.39, 0.29) is 11.5 Å². The summed E-state index contributed by atoms with van der Waals surface area (Å²) in [4.78, 5) is 27.1. The predicted octanol–water partition coefficient (Wildman–Crippen LogP) is 2.39. The van der Waals surface area contributed by atoms with Gasteiger partial charge in [-0.1, -0.05) is 6.92 Å². The Morgan fingerprint density at radius 3 is 2.95 bits per heavy atom. The van der Waals surface area contributed by atoms with Crippen LogP contribution in [0.15, 0.2) is 0 Å². The summed E-state index contributed by atoms with van der Waals surface area (Å²) < 4.78 is 0. The number of carbonyl (C=O) groups is 2. The van der Waals surface area contributed by atoms with E-state index < -0.39 is 0 Å². The fraction of sp³-hybridized carbons (Fsp3) is 0.875. The predicted molar refractivity (Wildman–Crippen MR) is 71.4 cm³/mol. The van der Waals surface area contributed by atoms with E-state index in [1.165, 1.54) is 12.8 Å². The van der Waals surface area contributed by atoms with Gasteiger partial charge < -0.3 is 4.90 Å². The van der Waals surface area contributed by atoms with Crippen molar-refractivity contribution in [3.63, 3.8) is 0 Å². The Morgan fingerprint density at radius 2 is 2.11 bits per heavy atom. The van der Waals surface area contributed by atoms with Crippen LogP contribution in [0.5, 0.6) is 0 Å². The van der Waals surface area contributed by atoms with E-state index in [0.717, 1.165) is 32.2 Å². The van der Waals surface area contributed by atoms with Gasteiger partial charge in [-0.05, 0) is 49.9 Å². The Labute approximate surface area is 114 Å². The number of Topliss-reactive ketones (excluding diaryl/α,β-unsaturated/α-hetero) is 1. The van der Waals surface area contributed by atoms with Crippen LogP contribution in [0.4, 0.5) is 0 Å². The summed E-state index contributed by atoms with van der Waals surface area (Å²) >= 11 is 0. The van der Waals surface area contributed by atoms with Crippen LogP contribution in [0, 0.1) is 23.7 Å². The van der Waals surface area contributed by atoms with E-state index >= 15 is 0 Å². The van der Waals surface area contributed by atoms with Crippen LogP contribution in [-0.2, 0) is 9.59 Å². The Bertz CT molecular complexity index is 442. The minimum atomic E-state index is -0.0642. The molecule has 0 aromatic carbocycles. The van der Waals surface area contributed by atoms with Crippen molar-refractivity contribution in [2.24, 2.45) is 23.7 Å². The third-order valence-electron chi connectivity index (χ3n) is 6.39. The van der Waals surface area contributed by atoms with Gasteiger partial charge >= 0.3 is 0 Å². The van der Waals surface area contributed by atoms with Gasteiger partial charge in [0.2, 0.25) is 5.91 Å². The summed E-state index contributed by atoms with van der Waals surface area (Å²) in [5.41, 5.74) is -0.0642. The van der Waals surface area contributed by atoms with Crippen molar-refractivity contribution in [1.82, 2.24) is 4.90 Å². The average molecular weight is 261 g/mol. The number of ketones is 1. The van der Waals surface area contributed by atoms with E-state index in [4.69, 9.17) is 0 Å². The third-order valence-corrected chi connectivity index (χ3v) is 6.39. The molecule has 0 aromatic heterocycles. The van der Waals surface area contributed by atoms with Crippen molar-refractivity contribution < 1.29 is 9.59 Å². The van der Waals surface area contributed by atoms with E-state index in [9.17, 15) is 9.59 Å². The first-order chi connectivity index (χ1) is 9.13. The summed E-state index contributed by atoms with van der Waals surface area (Å²) in [6, 6.07) is 0. The molecule has 104 valence electrons. The number of piperidine rings is 2. The highest BCUT2D eigenvalue weighted by Gasteiger charge is 2.63. The molecule has 0 aromatic rings. The second-order valence-electron chi connectivity index (χ2n) is 7.35. The number of carbonyl (C=O) groups excluding carboxylic acids is 2. The van der Waals surface area contributed by atoms with Crippen LogP contribution < -0.4 is 0 Å². The lowest BCUT2D eigenvalue weighted by atomic mass is 9.48. The van der Waals surface area contributed by atoms with Crippen molar-refractivity contribution in [3.05, 3.63) is 0 Å². The number of nitrogens with zero attached hydrogens (tertiary/aromatic N) is 1. The van der Waals surface area contributed by atoms with Crippen molar-refractivity contribution in [2.75, 3.05) is 6.54 Å². The van der Waals surface area contributed by atoms with Gasteiger partial charge in [0, 0.05) is 25.3 Å². The number of hydrogen-bond donors (Lipinski definition) is 0.